The number of likely N-dealkylation sites (tertiary alicyclic amines) is 1. The highest BCUT2D eigenvalue weighted by atomic mass is 32.1. The summed E-state index contributed by atoms with van der Waals surface area (Å²) < 4.78 is 0. The van der Waals surface area contributed by atoms with Crippen LogP contribution in [0.1, 0.15) is 24.8 Å². The van der Waals surface area contributed by atoms with Crippen molar-refractivity contribution in [2.45, 2.75) is 19.3 Å². The van der Waals surface area contributed by atoms with E-state index in [2.05, 4.69) is 10.2 Å². The monoisotopic (exact) mass is 303 g/mol. The highest BCUT2D eigenvalue weighted by Gasteiger charge is 2.36. The summed E-state index contributed by atoms with van der Waals surface area (Å²) in [6, 6.07) is 7.34. The zero-order chi connectivity index (χ0) is 14.8. The smallest absolute Gasteiger partial charge is 0.238 e. The van der Waals surface area contributed by atoms with Crippen molar-refractivity contribution in [1.29, 1.82) is 0 Å². The van der Waals surface area contributed by atoms with E-state index in [-0.39, 0.29) is 5.91 Å². The quantitative estimate of drug-likeness (QED) is 0.835. The summed E-state index contributed by atoms with van der Waals surface area (Å²) in [6.07, 6.45) is 4.04. The number of fused-ring (bicyclic) bond motifs is 1. The maximum absolute atomic E-state index is 12.1. The Morgan fingerprint density at radius 1 is 1.24 bits per heavy atom. The van der Waals surface area contributed by atoms with Crippen molar-refractivity contribution in [2.75, 3.05) is 25.0 Å². The van der Waals surface area contributed by atoms with E-state index in [4.69, 9.17) is 18.0 Å². The Hall–Kier alpha value is -1.46. The van der Waals surface area contributed by atoms with Crippen LogP contribution in [0.2, 0.25) is 0 Å². The molecule has 0 spiro atoms. The molecule has 1 saturated heterocycles. The van der Waals surface area contributed by atoms with Crippen molar-refractivity contribution in [3.63, 3.8) is 0 Å². The minimum atomic E-state index is 0.0537. The van der Waals surface area contributed by atoms with Crippen molar-refractivity contribution < 1.29 is 4.79 Å². The van der Waals surface area contributed by atoms with Crippen molar-refractivity contribution in [3.8, 4) is 0 Å². The maximum atomic E-state index is 12.1. The van der Waals surface area contributed by atoms with Gasteiger partial charge in [-0.05, 0) is 48.9 Å². The molecule has 21 heavy (non-hydrogen) atoms. The predicted molar refractivity (Wildman–Crippen MR) is 88.2 cm³/mol. The number of carbonyl (C=O) groups is 1. The van der Waals surface area contributed by atoms with E-state index in [0.29, 0.717) is 11.5 Å². The average molecular weight is 303 g/mol. The van der Waals surface area contributed by atoms with Gasteiger partial charge in [-0.2, -0.15) is 0 Å². The van der Waals surface area contributed by atoms with E-state index < -0.39 is 0 Å². The number of hydrogen-bond donors (Lipinski definition) is 2. The summed E-state index contributed by atoms with van der Waals surface area (Å²) in [7, 11) is 0. The zero-order valence-electron chi connectivity index (χ0n) is 12.0. The Bertz CT molecular complexity index is 531. The van der Waals surface area contributed by atoms with Crippen molar-refractivity contribution >= 4 is 28.8 Å². The molecule has 1 aromatic rings. The summed E-state index contributed by atoms with van der Waals surface area (Å²) in [5.74, 6) is 1.70. The fraction of sp³-hybridized carbons (Fsp3) is 0.500. The van der Waals surface area contributed by atoms with Gasteiger partial charge in [-0.15, -0.1) is 0 Å². The molecule has 3 N–H and O–H groups in total. The standard InChI is InChI=1S/C16H21N3OS/c17-16(21)11-4-6-14(7-5-11)18-15(20)10-19-8-12-2-1-3-13(12)9-19/h4-7,12-13H,1-3,8-10H2,(H2,17,21)(H,18,20). The van der Waals surface area contributed by atoms with Gasteiger partial charge in [0, 0.05) is 24.3 Å². The van der Waals surface area contributed by atoms with Gasteiger partial charge in [-0.1, -0.05) is 18.6 Å². The Morgan fingerprint density at radius 2 is 1.86 bits per heavy atom. The predicted octanol–water partition coefficient (Wildman–Crippen LogP) is 1.99. The van der Waals surface area contributed by atoms with Crippen molar-refractivity contribution in [2.24, 2.45) is 17.6 Å². The second kappa shape index (κ2) is 6.12. The van der Waals surface area contributed by atoms with Crippen LogP contribution in [0.15, 0.2) is 24.3 Å². The lowest BCUT2D eigenvalue weighted by atomic mass is 10.0. The number of nitrogens with zero attached hydrogens (tertiary/aromatic N) is 1. The van der Waals surface area contributed by atoms with Gasteiger partial charge in [0.1, 0.15) is 4.99 Å². The first-order valence-electron chi connectivity index (χ1n) is 7.54. The molecule has 2 aliphatic rings. The van der Waals surface area contributed by atoms with Gasteiger partial charge < -0.3 is 11.1 Å². The third kappa shape index (κ3) is 3.41. The number of carbonyl (C=O) groups excluding carboxylic acids is 1. The van der Waals surface area contributed by atoms with Gasteiger partial charge in [-0.25, -0.2) is 0 Å². The normalized spacial score (nSPS) is 24.8. The molecule has 2 unspecified atom stereocenters. The molecule has 1 aliphatic carbocycles. The molecule has 4 nitrogen and oxygen atoms in total. The zero-order valence-corrected chi connectivity index (χ0v) is 12.9. The van der Waals surface area contributed by atoms with Crippen LogP contribution in [-0.4, -0.2) is 35.4 Å². The van der Waals surface area contributed by atoms with Crippen LogP contribution in [-0.2, 0) is 4.79 Å². The van der Waals surface area contributed by atoms with Crippen LogP contribution in [0.25, 0.3) is 0 Å². The highest BCUT2D eigenvalue weighted by Crippen LogP contribution is 2.37. The van der Waals surface area contributed by atoms with Gasteiger partial charge in [0.2, 0.25) is 5.91 Å². The SMILES string of the molecule is NC(=S)c1ccc(NC(=O)CN2CC3CCCC3C2)cc1. The van der Waals surface area contributed by atoms with Crippen LogP contribution in [0, 0.1) is 11.8 Å². The van der Waals surface area contributed by atoms with Gasteiger partial charge in [0.05, 0.1) is 6.54 Å². The Balaban J connectivity index is 1.51. The molecule has 0 aromatic heterocycles. The molecule has 2 fully saturated rings. The number of nitrogens with two attached hydrogens (primary N) is 1. The molecular weight excluding hydrogens is 282 g/mol. The maximum Gasteiger partial charge on any atom is 0.238 e. The molecule has 112 valence electrons. The first-order chi connectivity index (χ1) is 10.1. The van der Waals surface area contributed by atoms with Crippen LogP contribution >= 0.6 is 12.2 Å². The Morgan fingerprint density at radius 3 is 2.43 bits per heavy atom. The van der Waals surface area contributed by atoms with E-state index in [1.54, 1.807) is 0 Å². The van der Waals surface area contributed by atoms with E-state index >= 15 is 0 Å². The molecular formula is C16H21N3OS. The van der Waals surface area contributed by atoms with Crippen molar-refractivity contribution in [1.82, 2.24) is 4.90 Å². The average Bonchev–Trinajstić information content (AvgIpc) is 3.00. The van der Waals surface area contributed by atoms with Gasteiger partial charge in [0.15, 0.2) is 0 Å². The topological polar surface area (TPSA) is 58.4 Å². The van der Waals surface area contributed by atoms with Crippen LogP contribution in [0.5, 0.6) is 0 Å². The van der Waals surface area contributed by atoms with E-state index in [1.165, 1.54) is 19.3 Å². The third-order valence-electron chi connectivity index (χ3n) is 4.62. The molecule has 5 heteroatoms. The third-order valence-corrected chi connectivity index (χ3v) is 4.86. The highest BCUT2D eigenvalue weighted by molar-refractivity contribution is 7.80. The lowest BCUT2D eigenvalue weighted by Crippen LogP contribution is -2.32. The largest absolute Gasteiger partial charge is 0.389 e. The Kier molecular flexibility index (Phi) is 4.22. The molecule has 0 radical (unpaired) electrons. The van der Waals surface area contributed by atoms with E-state index in [0.717, 1.165) is 36.2 Å². The summed E-state index contributed by atoms with van der Waals surface area (Å²) in [5, 5.41) is 2.94. The number of thiocarbonyl (C=S) groups is 1. The number of nitrogens with one attached hydrogen (secondary N) is 1. The van der Waals surface area contributed by atoms with E-state index in [9.17, 15) is 4.79 Å². The first kappa shape index (κ1) is 14.5. The minimum Gasteiger partial charge on any atom is -0.389 e. The van der Waals surface area contributed by atoms with Crippen molar-refractivity contribution in [3.05, 3.63) is 29.8 Å². The van der Waals surface area contributed by atoms with Gasteiger partial charge in [0.25, 0.3) is 0 Å². The molecule has 1 amide bonds. The number of rotatable bonds is 4. The fourth-order valence-corrected chi connectivity index (χ4v) is 3.72. The molecule has 3 rings (SSSR count). The number of amides is 1. The molecule has 1 heterocycles. The lowest BCUT2D eigenvalue weighted by Gasteiger charge is -2.16. The minimum absolute atomic E-state index is 0.0537. The molecule has 1 aliphatic heterocycles. The molecule has 0 bridgehead atoms. The summed E-state index contributed by atoms with van der Waals surface area (Å²) in [4.78, 5) is 14.8. The fourth-order valence-electron chi connectivity index (χ4n) is 3.58. The molecule has 1 saturated carbocycles. The second-order valence-electron chi connectivity index (χ2n) is 6.13. The van der Waals surface area contributed by atoms with Gasteiger partial charge >= 0.3 is 0 Å². The summed E-state index contributed by atoms with van der Waals surface area (Å²) in [5.41, 5.74) is 7.16. The number of hydrogen-bond acceptors (Lipinski definition) is 3. The van der Waals surface area contributed by atoms with Crippen LogP contribution in [0.3, 0.4) is 0 Å². The second-order valence-corrected chi connectivity index (χ2v) is 6.57. The first-order valence-corrected chi connectivity index (χ1v) is 7.95. The summed E-state index contributed by atoms with van der Waals surface area (Å²) >= 11 is 4.91. The van der Waals surface area contributed by atoms with E-state index in [1.807, 2.05) is 24.3 Å². The lowest BCUT2D eigenvalue weighted by molar-refractivity contribution is -0.117. The molecule has 2 atom stereocenters. The van der Waals surface area contributed by atoms with Crippen LogP contribution in [0.4, 0.5) is 5.69 Å². The van der Waals surface area contributed by atoms with Gasteiger partial charge in [-0.3, -0.25) is 9.69 Å². The Labute approximate surface area is 130 Å². The van der Waals surface area contributed by atoms with Crippen LogP contribution < -0.4 is 11.1 Å². The number of anilines is 1. The molecule has 1 aromatic carbocycles. The summed E-state index contributed by atoms with van der Waals surface area (Å²) in [6.45, 7) is 2.65. The number of benzene rings is 1.